The molecule has 69 heavy (non-hydrogen) atoms. The number of imidazole rings is 1. The SMILES string of the molecule is CC(=O)NC(CC(=O)OC(C)(C)C)C(=O)NCC(=O)NC(CC(=O)OC(C)(C)C)C(=O)NCCCCCCOc1cccc(Cc2nc3c(Cc4ccccc4)[nH]c(-c4ccccc4)cn-3c2=O)c1. The lowest BCUT2D eigenvalue weighted by atomic mass is 10.1. The highest BCUT2D eigenvalue weighted by atomic mass is 16.6. The van der Waals surface area contributed by atoms with E-state index in [-0.39, 0.29) is 12.1 Å². The zero-order chi connectivity index (χ0) is 50.1. The molecule has 2 aliphatic heterocycles. The van der Waals surface area contributed by atoms with Gasteiger partial charge in [-0.15, -0.1) is 0 Å². The number of aromatic amines is 1. The lowest BCUT2D eigenvalue weighted by Crippen LogP contribution is -2.53. The van der Waals surface area contributed by atoms with Crippen LogP contribution < -0.4 is 31.6 Å². The molecule has 0 saturated heterocycles. The first-order valence-corrected chi connectivity index (χ1v) is 23.2. The van der Waals surface area contributed by atoms with E-state index in [4.69, 9.17) is 19.2 Å². The van der Waals surface area contributed by atoms with Crippen molar-refractivity contribution in [1.82, 2.24) is 35.8 Å². The molecule has 0 aromatic heterocycles. The number of carbonyl (C=O) groups is 6. The number of aromatic nitrogens is 3. The van der Waals surface area contributed by atoms with Crippen molar-refractivity contribution in [1.29, 1.82) is 0 Å². The van der Waals surface area contributed by atoms with Crippen LogP contribution >= 0.6 is 0 Å². The van der Waals surface area contributed by atoms with Crippen molar-refractivity contribution >= 4 is 35.6 Å². The minimum atomic E-state index is -1.31. The van der Waals surface area contributed by atoms with Crippen LogP contribution in [0.1, 0.15) is 110 Å². The molecule has 0 spiro atoms. The number of benzene rings is 3. The summed E-state index contributed by atoms with van der Waals surface area (Å²) in [4.78, 5) is 98.2. The van der Waals surface area contributed by atoms with Gasteiger partial charge >= 0.3 is 11.9 Å². The summed E-state index contributed by atoms with van der Waals surface area (Å²) in [6.45, 7) is 11.3. The van der Waals surface area contributed by atoms with Gasteiger partial charge in [0.1, 0.15) is 34.7 Å². The van der Waals surface area contributed by atoms with Crippen LogP contribution in [0.15, 0.2) is 95.9 Å². The van der Waals surface area contributed by atoms with Crippen molar-refractivity contribution in [3.8, 4) is 22.8 Å². The number of esters is 2. The summed E-state index contributed by atoms with van der Waals surface area (Å²) >= 11 is 0. The Morgan fingerprint density at radius 3 is 1.93 bits per heavy atom. The van der Waals surface area contributed by atoms with E-state index >= 15 is 0 Å². The second kappa shape index (κ2) is 24.6. The Morgan fingerprint density at radius 1 is 0.696 bits per heavy atom. The molecule has 0 radical (unpaired) electrons. The molecular weight excluding hydrogens is 883 g/mol. The number of hydrogen-bond donors (Lipinski definition) is 5. The standard InChI is InChI=1S/C52H65N7O10/c1-34(60)55-40(30-45(62)68-51(2,3)4)49(65)54-32-44(61)57-41(31-46(63)69-52(5,6)7)48(64)53-25-16-8-9-17-26-67-38-24-18-21-36(27-38)29-42-50(66)59-33-43(37-22-14-11-15-23-37)56-39(47(59)58-42)28-35-19-12-10-13-20-35/h10-15,18-24,27,33,40-41,56H,8-9,16-17,25-26,28-32H2,1-7H3,(H,53,64)(H,54,65)(H,55,60)(H,57,61). The van der Waals surface area contributed by atoms with Gasteiger partial charge in [0.15, 0.2) is 5.82 Å². The van der Waals surface area contributed by atoms with E-state index in [1.807, 2.05) is 91.1 Å². The van der Waals surface area contributed by atoms with E-state index in [9.17, 15) is 33.6 Å². The average Bonchev–Trinajstić information content (AvgIpc) is 3.59. The normalized spacial score (nSPS) is 12.3. The lowest BCUT2D eigenvalue weighted by Gasteiger charge is -2.23. The Kier molecular flexibility index (Phi) is 18.8. The van der Waals surface area contributed by atoms with Crippen LogP contribution in [0, 0.1) is 0 Å². The van der Waals surface area contributed by atoms with E-state index < -0.39 is 78.2 Å². The minimum absolute atomic E-state index is 0.176. The molecule has 5 rings (SSSR count). The molecule has 17 heteroatoms. The third-order valence-corrected chi connectivity index (χ3v) is 10.3. The Morgan fingerprint density at radius 2 is 1.29 bits per heavy atom. The number of carbonyl (C=O) groups excluding carboxylic acids is 6. The largest absolute Gasteiger partial charge is 0.494 e. The maximum absolute atomic E-state index is 13.8. The summed E-state index contributed by atoms with van der Waals surface area (Å²) in [5, 5.41) is 10.00. The number of rotatable bonds is 23. The quantitative estimate of drug-likeness (QED) is 0.0407. The van der Waals surface area contributed by atoms with E-state index in [0.717, 1.165) is 47.3 Å². The molecule has 0 aliphatic carbocycles. The Hall–Kier alpha value is -7.30. The van der Waals surface area contributed by atoms with Crippen LogP contribution in [0.3, 0.4) is 0 Å². The highest BCUT2D eigenvalue weighted by Crippen LogP contribution is 2.24. The van der Waals surface area contributed by atoms with Gasteiger partial charge in [-0.05, 0) is 83.2 Å². The molecule has 3 aromatic rings. The number of unbranched alkanes of at least 4 members (excludes halogenated alkanes) is 3. The summed E-state index contributed by atoms with van der Waals surface area (Å²) in [5.41, 5.74) is 3.19. The van der Waals surface area contributed by atoms with Crippen LogP contribution in [-0.2, 0) is 51.1 Å². The van der Waals surface area contributed by atoms with E-state index in [1.54, 1.807) is 46.1 Å². The van der Waals surface area contributed by atoms with Crippen LogP contribution in [0.2, 0.25) is 0 Å². The number of amides is 4. The molecule has 17 nitrogen and oxygen atoms in total. The fourth-order valence-electron chi connectivity index (χ4n) is 7.32. The molecule has 2 aliphatic rings. The zero-order valence-electron chi connectivity index (χ0n) is 40.6. The summed E-state index contributed by atoms with van der Waals surface area (Å²) in [6, 6.07) is 24.9. The third kappa shape index (κ3) is 17.7. The number of hydrogen-bond acceptors (Lipinski definition) is 11. The van der Waals surface area contributed by atoms with Gasteiger partial charge in [-0.2, -0.15) is 0 Å². The van der Waals surface area contributed by atoms with Gasteiger partial charge < -0.3 is 40.5 Å². The molecule has 0 saturated carbocycles. The summed E-state index contributed by atoms with van der Waals surface area (Å²) in [6.07, 6.45) is 4.69. The van der Waals surface area contributed by atoms with E-state index in [2.05, 4.69) is 26.3 Å². The zero-order valence-corrected chi connectivity index (χ0v) is 40.6. The topological polar surface area (TPSA) is 229 Å². The van der Waals surface area contributed by atoms with Crippen LogP contribution in [-0.4, -0.2) is 93.1 Å². The predicted molar refractivity (Wildman–Crippen MR) is 260 cm³/mol. The van der Waals surface area contributed by atoms with Gasteiger partial charge in [-0.1, -0.05) is 85.6 Å². The molecule has 5 N–H and O–H groups in total. The van der Waals surface area contributed by atoms with Crippen LogP contribution in [0.25, 0.3) is 17.1 Å². The average molecular weight is 948 g/mol. The fraction of sp³-hybridized carbons (Fsp3) is 0.423. The maximum atomic E-state index is 13.8. The number of nitrogens with one attached hydrogen (secondary N) is 5. The van der Waals surface area contributed by atoms with Gasteiger partial charge in [0.05, 0.1) is 37.4 Å². The fourth-order valence-corrected chi connectivity index (χ4v) is 7.32. The first-order valence-electron chi connectivity index (χ1n) is 23.2. The van der Waals surface area contributed by atoms with Gasteiger partial charge in [0.25, 0.3) is 5.56 Å². The van der Waals surface area contributed by atoms with Gasteiger partial charge in [0, 0.05) is 32.5 Å². The van der Waals surface area contributed by atoms with E-state index in [0.29, 0.717) is 43.1 Å². The van der Waals surface area contributed by atoms with Crippen molar-refractivity contribution in [2.45, 2.75) is 123 Å². The molecule has 2 atom stereocenters. The Labute approximate surface area is 402 Å². The smallest absolute Gasteiger partial charge is 0.308 e. The number of nitrogens with zero attached hydrogens (tertiary/aromatic N) is 2. The number of fused-ring (bicyclic) bond motifs is 1. The monoisotopic (exact) mass is 947 g/mol. The van der Waals surface area contributed by atoms with Gasteiger partial charge in [-0.3, -0.25) is 38.1 Å². The Bertz CT molecular complexity index is 2560. The Balaban J connectivity index is 1.09. The van der Waals surface area contributed by atoms with Gasteiger partial charge in [-0.25, -0.2) is 4.98 Å². The van der Waals surface area contributed by atoms with Crippen molar-refractivity contribution in [3.63, 3.8) is 0 Å². The number of ether oxygens (including phenoxy) is 3. The highest BCUT2D eigenvalue weighted by Gasteiger charge is 2.29. The van der Waals surface area contributed by atoms with Crippen molar-refractivity contribution in [3.05, 3.63) is 124 Å². The molecule has 2 unspecified atom stereocenters. The van der Waals surface area contributed by atoms with Crippen molar-refractivity contribution in [2.24, 2.45) is 0 Å². The predicted octanol–water partition coefficient (Wildman–Crippen LogP) is 5.47. The molecule has 0 bridgehead atoms. The molecule has 0 fully saturated rings. The molecule has 2 heterocycles. The second-order valence-corrected chi connectivity index (χ2v) is 18.8. The first kappa shape index (κ1) is 52.7. The second-order valence-electron chi connectivity index (χ2n) is 18.8. The summed E-state index contributed by atoms with van der Waals surface area (Å²) in [7, 11) is 0. The first-order chi connectivity index (χ1) is 32.7. The molecule has 4 amide bonds. The van der Waals surface area contributed by atoms with Crippen LogP contribution in [0.4, 0.5) is 0 Å². The van der Waals surface area contributed by atoms with Crippen LogP contribution in [0.5, 0.6) is 5.75 Å². The van der Waals surface area contributed by atoms with Gasteiger partial charge in [0.2, 0.25) is 23.6 Å². The van der Waals surface area contributed by atoms with Crippen molar-refractivity contribution in [2.75, 3.05) is 19.7 Å². The highest BCUT2D eigenvalue weighted by molar-refractivity contribution is 5.95. The third-order valence-electron chi connectivity index (χ3n) is 10.3. The summed E-state index contributed by atoms with van der Waals surface area (Å²) < 4.78 is 18.4. The molecule has 368 valence electrons. The van der Waals surface area contributed by atoms with Crippen molar-refractivity contribution < 1.29 is 43.0 Å². The maximum Gasteiger partial charge on any atom is 0.308 e. The minimum Gasteiger partial charge on any atom is -0.494 e. The molecular formula is C52H65N7O10. The lowest BCUT2D eigenvalue weighted by molar-refractivity contribution is -0.157. The summed E-state index contributed by atoms with van der Waals surface area (Å²) in [5.74, 6) is -2.97. The number of H-pyrrole nitrogens is 1. The van der Waals surface area contributed by atoms with E-state index in [1.165, 1.54) is 6.92 Å². The molecule has 3 aromatic carbocycles.